The Kier molecular flexibility index (Phi) is 4.36. The van der Waals surface area contributed by atoms with Gasteiger partial charge in [0.25, 0.3) is 5.91 Å². The zero-order valence-corrected chi connectivity index (χ0v) is 8.61. The highest BCUT2D eigenvalue weighted by Crippen LogP contribution is 2.11. The van der Waals surface area contributed by atoms with Gasteiger partial charge in [-0.2, -0.15) is 0 Å². The topological polar surface area (TPSA) is 95.7 Å². The first-order chi connectivity index (χ1) is 7.11. The van der Waals surface area contributed by atoms with E-state index in [1.54, 1.807) is 4.90 Å². The second kappa shape index (κ2) is 5.55. The summed E-state index contributed by atoms with van der Waals surface area (Å²) in [5.74, 6) is -0.640. The maximum absolute atomic E-state index is 11.1. The van der Waals surface area contributed by atoms with Gasteiger partial charge in [-0.3, -0.25) is 15.0 Å². The van der Waals surface area contributed by atoms with Crippen molar-refractivity contribution in [1.82, 2.24) is 10.2 Å². The van der Waals surface area contributed by atoms with Gasteiger partial charge >= 0.3 is 6.09 Å². The molecule has 1 aliphatic heterocycles. The van der Waals surface area contributed by atoms with Crippen molar-refractivity contribution < 1.29 is 14.7 Å². The molecule has 1 fully saturated rings. The Labute approximate surface area is 88.4 Å². The number of carbonyl (C=O) groups excluding carboxylic acids is 1. The minimum absolute atomic E-state index is 0.640. The number of nitrogens with two attached hydrogens (primary N) is 1. The van der Waals surface area contributed by atoms with Crippen LogP contribution in [0.25, 0.3) is 0 Å². The molecule has 1 rings (SSSR count). The normalized spacial score (nSPS) is 20.3. The fraction of sp³-hybridized carbons (Fsp3) is 0.778. The molecule has 0 aromatic heterocycles. The Bertz CT molecular complexity index is 237. The first-order valence-electron chi connectivity index (χ1n) is 5.14. The Morgan fingerprint density at radius 2 is 1.73 bits per heavy atom. The minimum Gasteiger partial charge on any atom is -0.465 e. The number of amides is 2. The molecular formula is C9H17N3O3. The van der Waals surface area contributed by atoms with Crippen LogP contribution in [0.2, 0.25) is 0 Å². The van der Waals surface area contributed by atoms with Crippen LogP contribution in [0.15, 0.2) is 0 Å². The fourth-order valence-corrected chi connectivity index (χ4v) is 1.81. The lowest BCUT2D eigenvalue weighted by molar-refractivity contribution is -0.124. The number of primary amides is 1. The molecule has 6 nitrogen and oxygen atoms in total. The lowest BCUT2D eigenvalue weighted by Crippen LogP contribution is -2.55. The van der Waals surface area contributed by atoms with E-state index >= 15 is 0 Å². The predicted molar refractivity (Wildman–Crippen MR) is 54.2 cm³/mol. The van der Waals surface area contributed by atoms with Crippen molar-refractivity contribution >= 4 is 12.0 Å². The molecule has 2 amide bonds. The van der Waals surface area contributed by atoms with Crippen molar-refractivity contribution in [2.24, 2.45) is 5.73 Å². The van der Waals surface area contributed by atoms with Crippen LogP contribution in [0.4, 0.5) is 4.79 Å². The number of hydrogen-bond donors (Lipinski definition) is 3. The summed E-state index contributed by atoms with van der Waals surface area (Å²) in [7, 11) is 0. The van der Waals surface area contributed by atoms with E-state index in [1.165, 1.54) is 0 Å². The summed E-state index contributed by atoms with van der Waals surface area (Å²) >= 11 is 0. The molecule has 86 valence electrons. The minimum atomic E-state index is -1.22. The van der Waals surface area contributed by atoms with Gasteiger partial charge in [-0.05, 0) is 12.8 Å². The van der Waals surface area contributed by atoms with Crippen molar-refractivity contribution in [3.8, 4) is 0 Å². The summed E-state index contributed by atoms with van der Waals surface area (Å²) < 4.78 is 0. The van der Waals surface area contributed by atoms with Gasteiger partial charge in [0, 0.05) is 13.1 Å². The molecule has 0 aromatic rings. The fourth-order valence-electron chi connectivity index (χ4n) is 1.81. The smallest absolute Gasteiger partial charge is 0.406 e. The number of carboxylic acid groups (broad SMARTS) is 1. The number of nitrogens with zero attached hydrogens (tertiary/aromatic N) is 1. The summed E-state index contributed by atoms with van der Waals surface area (Å²) in [5.41, 5.74) is 5.16. The van der Waals surface area contributed by atoms with E-state index in [2.05, 4.69) is 5.32 Å². The van der Waals surface area contributed by atoms with Crippen molar-refractivity contribution in [2.45, 2.75) is 31.8 Å². The second-order valence-electron chi connectivity index (χ2n) is 3.70. The summed E-state index contributed by atoms with van der Waals surface area (Å²) in [6.07, 6.45) is 2.09. The molecule has 4 N–H and O–H groups in total. The molecule has 0 aliphatic carbocycles. The third kappa shape index (κ3) is 3.75. The molecule has 1 heterocycles. The van der Waals surface area contributed by atoms with Crippen LogP contribution in [-0.2, 0) is 4.79 Å². The van der Waals surface area contributed by atoms with E-state index < -0.39 is 18.2 Å². The summed E-state index contributed by atoms with van der Waals surface area (Å²) in [5, 5.41) is 10.7. The first kappa shape index (κ1) is 11.8. The van der Waals surface area contributed by atoms with Gasteiger partial charge in [-0.1, -0.05) is 12.8 Å². The van der Waals surface area contributed by atoms with Crippen molar-refractivity contribution in [2.75, 3.05) is 13.1 Å². The van der Waals surface area contributed by atoms with Crippen LogP contribution < -0.4 is 11.1 Å². The summed E-state index contributed by atoms with van der Waals surface area (Å²) in [6, 6.07) is 0. The van der Waals surface area contributed by atoms with E-state index in [-0.39, 0.29) is 0 Å². The number of nitrogens with one attached hydrogen (secondary N) is 1. The Morgan fingerprint density at radius 3 is 2.13 bits per heavy atom. The first-order valence-corrected chi connectivity index (χ1v) is 5.14. The third-order valence-corrected chi connectivity index (χ3v) is 2.54. The lowest BCUT2D eigenvalue weighted by atomic mass is 10.2. The van der Waals surface area contributed by atoms with Gasteiger partial charge in [0.05, 0.1) is 0 Å². The number of likely N-dealkylation sites (tertiary alicyclic amines) is 1. The average molecular weight is 215 g/mol. The number of hydrogen-bond acceptors (Lipinski definition) is 3. The van der Waals surface area contributed by atoms with Crippen LogP contribution in [0.5, 0.6) is 0 Å². The van der Waals surface area contributed by atoms with Crippen LogP contribution in [0.3, 0.4) is 0 Å². The molecule has 0 bridgehead atoms. The van der Waals surface area contributed by atoms with Gasteiger partial charge in [-0.25, -0.2) is 4.79 Å². The molecule has 15 heavy (non-hydrogen) atoms. The van der Waals surface area contributed by atoms with Gasteiger partial charge in [-0.15, -0.1) is 0 Å². The summed E-state index contributed by atoms with van der Waals surface area (Å²) in [6.45, 7) is 1.43. The molecule has 1 aliphatic rings. The zero-order valence-electron chi connectivity index (χ0n) is 8.61. The summed E-state index contributed by atoms with van der Waals surface area (Å²) in [4.78, 5) is 23.4. The highest BCUT2D eigenvalue weighted by molar-refractivity contribution is 5.83. The molecule has 1 saturated heterocycles. The standard InChI is InChI=1S/C9H17N3O3/c10-7(13)8(11-9(14)15)12-5-3-1-2-4-6-12/h8,11H,1-6H2,(H2,10,13)(H,14,15). The van der Waals surface area contributed by atoms with Crippen LogP contribution in [-0.4, -0.2) is 41.3 Å². The monoisotopic (exact) mass is 215 g/mol. The SMILES string of the molecule is NC(=O)C(NC(=O)O)N1CCCCCC1. The van der Waals surface area contributed by atoms with Crippen LogP contribution >= 0.6 is 0 Å². The number of carbonyl (C=O) groups is 2. The number of rotatable bonds is 3. The van der Waals surface area contributed by atoms with Gasteiger partial charge in [0.1, 0.15) is 0 Å². The van der Waals surface area contributed by atoms with E-state index in [9.17, 15) is 9.59 Å². The lowest BCUT2D eigenvalue weighted by Gasteiger charge is -2.27. The van der Waals surface area contributed by atoms with Crippen molar-refractivity contribution in [1.29, 1.82) is 0 Å². The Morgan fingerprint density at radius 1 is 1.20 bits per heavy atom. The predicted octanol–water partition coefficient (Wildman–Crippen LogP) is -0.0586. The second-order valence-corrected chi connectivity index (χ2v) is 3.70. The maximum Gasteiger partial charge on any atom is 0.406 e. The molecule has 0 spiro atoms. The van der Waals surface area contributed by atoms with Crippen molar-refractivity contribution in [3.05, 3.63) is 0 Å². The molecule has 1 atom stereocenters. The maximum atomic E-state index is 11.1. The highest BCUT2D eigenvalue weighted by Gasteiger charge is 2.25. The highest BCUT2D eigenvalue weighted by atomic mass is 16.4. The van der Waals surface area contributed by atoms with Crippen LogP contribution in [0.1, 0.15) is 25.7 Å². The van der Waals surface area contributed by atoms with Gasteiger partial charge in [0.15, 0.2) is 6.17 Å². The third-order valence-electron chi connectivity index (χ3n) is 2.54. The van der Waals surface area contributed by atoms with E-state index in [1.807, 2.05) is 0 Å². The molecule has 0 radical (unpaired) electrons. The Balaban J connectivity index is 2.60. The quantitative estimate of drug-likeness (QED) is 0.614. The van der Waals surface area contributed by atoms with Crippen LogP contribution in [0, 0.1) is 0 Å². The van der Waals surface area contributed by atoms with Crippen molar-refractivity contribution in [3.63, 3.8) is 0 Å². The largest absolute Gasteiger partial charge is 0.465 e. The van der Waals surface area contributed by atoms with E-state index in [4.69, 9.17) is 10.8 Å². The van der Waals surface area contributed by atoms with Gasteiger partial charge in [0.2, 0.25) is 0 Å². The molecule has 0 saturated carbocycles. The average Bonchev–Trinajstić information content (AvgIpc) is 2.41. The zero-order chi connectivity index (χ0) is 11.3. The van der Waals surface area contributed by atoms with E-state index in [0.717, 1.165) is 25.7 Å². The molecular weight excluding hydrogens is 198 g/mol. The van der Waals surface area contributed by atoms with Gasteiger partial charge < -0.3 is 10.8 Å². The molecule has 1 unspecified atom stereocenters. The molecule has 6 heteroatoms. The Hall–Kier alpha value is -1.30. The van der Waals surface area contributed by atoms with E-state index in [0.29, 0.717) is 13.1 Å². The molecule has 0 aromatic carbocycles.